The van der Waals surface area contributed by atoms with Gasteiger partial charge in [-0.3, -0.25) is 8.97 Å². The fraction of sp³-hybridized carbons (Fsp3) is 0.0366. The van der Waals surface area contributed by atoms with Gasteiger partial charge in [0.2, 0.25) is 5.78 Å². The van der Waals surface area contributed by atoms with Crippen molar-refractivity contribution < 1.29 is 8.83 Å². The van der Waals surface area contributed by atoms with E-state index in [-0.39, 0.29) is 0 Å². The Morgan fingerprint density at radius 3 is 1.19 bits per heavy atom. The van der Waals surface area contributed by atoms with Gasteiger partial charge < -0.3 is 22.5 Å². The van der Waals surface area contributed by atoms with Crippen molar-refractivity contribution in [3.05, 3.63) is 302 Å². The molecule has 20 rings (SSSR count). The van der Waals surface area contributed by atoms with Crippen LogP contribution >= 0.6 is 0 Å². The first kappa shape index (κ1) is 51.4. The van der Waals surface area contributed by atoms with Crippen molar-refractivity contribution in [2.75, 3.05) is 0 Å². The minimum atomic E-state index is 0.883. The lowest BCUT2D eigenvalue weighted by Gasteiger charge is -2.10. The molecule has 8 nitrogen and oxygen atoms in total. The van der Waals surface area contributed by atoms with E-state index in [0.717, 1.165) is 77.7 Å². The fourth-order valence-electron chi connectivity index (χ4n) is 14.3. The molecule has 13 aromatic carbocycles. The van der Waals surface area contributed by atoms with Gasteiger partial charge in [0.25, 0.3) is 0 Å². The van der Waals surface area contributed by atoms with Gasteiger partial charge in [0.15, 0.2) is 11.2 Å². The summed E-state index contributed by atoms with van der Waals surface area (Å²) in [5, 5.41) is 12.2. The van der Waals surface area contributed by atoms with E-state index in [1.807, 2.05) is 6.07 Å². The third kappa shape index (κ3) is 7.84. The number of furan rings is 2. The van der Waals surface area contributed by atoms with Gasteiger partial charge in [-0.2, -0.15) is 0 Å². The Bertz CT molecular complexity index is 6190. The predicted molar refractivity (Wildman–Crippen MR) is 374 cm³/mol. The van der Waals surface area contributed by atoms with E-state index in [2.05, 4.69) is 322 Å². The molecule has 20 aromatic rings. The van der Waals surface area contributed by atoms with Crippen molar-refractivity contribution in [2.45, 2.75) is 20.8 Å². The minimum Gasteiger partial charge on any atom is -0.454 e. The summed E-state index contributed by atoms with van der Waals surface area (Å²) in [5.74, 6) is 0.890. The normalized spacial score (nSPS) is 11.9. The van der Waals surface area contributed by atoms with Crippen LogP contribution in [0.4, 0.5) is 0 Å². The second-order valence-electron chi connectivity index (χ2n) is 23.7. The first-order valence-corrected chi connectivity index (χ1v) is 30.7. The molecular weight excluding hydrogens is 1100 g/mol. The lowest BCUT2D eigenvalue weighted by molar-refractivity contribution is 0.666. The quantitative estimate of drug-likeness (QED) is 0.176. The lowest BCUT2D eigenvalue weighted by atomic mass is 10.1. The molecule has 0 N–H and O–H groups in total. The third-order valence-electron chi connectivity index (χ3n) is 18.2. The minimum absolute atomic E-state index is 0.883. The fourth-order valence-corrected chi connectivity index (χ4v) is 14.3. The van der Waals surface area contributed by atoms with Gasteiger partial charge in [-0.1, -0.05) is 175 Å². The predicted octanol–water partition coefficient (Wildman–Crippen LogP) is 21.8. The molecule has 0 aliphatic rings. The van der Waals surface area contributed by atoms with Crippen LogP contribution in [0.15, 0.2) is 294 Å². The number of imidazole rings is 2. The second kappa shape index (κ2) is 20.1. The zero-order valence-electron chi connectivity index (χ0n) is 49.6. The molecule has 0 amide bonds. The van der Waals surface area contributed by atoms with Crippen molar-refractivity contribution in [1.82, 2.24) is 27.7 Å². The molecule has 7 heterocycles. The van der Waals surface area contributed by atoms with Gasteiger partial charge >= 0.3 is 0 Å². The summed E-state index contributed by atoms with van der Waals surface area (Å²) in [4.78, 5) is 4.99. The number of para-hydroxylation sites is 11. The van der Waals surface area contributed by atoms with Gasteiger partial charge in [0, 0.05) is 65.2 Å². The molecule has 0 saturated heterocycles. The van der Waals surface area contributed by atoms with Crippen LogP contribution in [0.25, 0.3) is 160 Å². The molecule has 0 unspecified atom stereocenters. The van der Waals surface area contributed by atoms with Crippen LogP contribution in [-0.2, 0) is 0 Å². The highest BCUT2D eigenvalue weighted by Crippen LogP contribution is 2.41. The van der Waals surface area contributed by atoms with E-state index >= 15 is 0 Å². The molecule has 8 heteroatoms. The number of aromatic nitrogens is 6. The Morgan fingerprint density at radius 1 is 0.256 bits per heavy atom. The number of rotatable bonds is 4. The monoisotopic (exact) mass is 1160 g/mol. The third-order valence-corrected chi connectivity index (χ3v) is 18.2. The SMILES string of the molecule is Cc1ccc2oc3c(-n4c5ccccc5c5ccccc54)cccc3c2c1.Cc1ccc2oc3c(-n4c5ccccc5n5c6ccccc6nc45)cccc3c2c1.Cc1cccc(-n2c3ccccc3c3cc(-n4c5ccccc5c5ccccc54)ccc32)c1. The zero-order chi connectivity index (χ0) is 59.7. The average Bonchev–Trinajstić information content (AvgIpc) is 1.60. The first-order chi connectivity index (χ1) is 44.4. The Kier molecular flexibility index (Phi) is 11.5. The molecule has 0 spiro atoms. The smallest absolute Gasteiger partial charge is 0.220 e. The molecule has 0 aliphatic heterocycles. The van der Waals surface area contributed by atoms with Crippen LogP contribution in [0, 0.1) is 20.8 Å². The number of aryl methyl sites for hydroxylation is 3. The van der Waals surface area contributed by atoms with Crippen LogP contribution in [0.1, 0.15) is 16.7 Å². The maximum atomic E-state index is 6.38. The average molecular weight is 1160 g/mol. The molecule has 0 bridgehead atoms. The summed E-state index contributed by atoms with van der Waals surface area (Å²) in [7, 11) is 0. The summed E-state index contributed by atoms with van der Waals surface area (Å²) in [6, 6.07) is 101. The van der Waals surface area contributed by atoms with Gasteiger partial charge in [0.1, 0.15) is 11.2 Å². The number of fused-ring (bicyclic) bond motifs is 20. The zero-order valence-corrected chi connectivity index (χ0v) is 49.6. The number of hydrogen-bond donors (Lipinski definition) is 0. The van der Waals surface area contributed by atoms with Crippen molar-refractivity contribution >= 4 is 137 Å². The first-order valence-electron chi connectivity index (χ1n) is 30.7. The van der Waals surface area contributed by atoms with Crippen LogP contribution in [-0.4, -0.2) is 27.7 Å². The summed E-state index contributed by atoms with van der Waals surface area (Å²) in [6.45, 7) is 6.38. The van der Waals surface area contributed by atoms with Crippen LogP contribution < -0.4 is 0 Å². The molecular formula is C82H56N6O2. The molecule has 0 saturated carbocycles. The lowest BCUT2D eigenvalue weighted by Crippen LogP contribution is -1.96. The maximum Gasteiger partial charge on any atom is 0.220 e. The summed E-state index contributed by atoms with van der Waals surface area (Å²) in [5.41, 5.74) is 23.5. The highest BCUT2D eigenvalue weighted by atomic mass is 16.3. The summed E-state index contributed by atoms with van der Waals surface area (Å²) >= 11 is 0. The summed E-state index contributed by atoms with van der Waals surface area (Å²) < 4.78 is 24.3. The molecule has 0 aliphatic carbocycles. The van der Waals surface area contributed by atoms with E-state index in [0.29, 0.717) is 0 Å². The van der Waals surface area contributed by atoms with Crippen molar-refractivity contribution in [1.29, 1.82) is 0 Å². The van der Waals surface area contributed by atoms with Crippen molar-refractivity contribution in [2.24, 2.45) is 0 Å². The Hall–Kier alpha value is -11.9. The second-order valence-corrected chi connectivity index (χ2v) is 23.7. The van der Waals surface area contributed by atoms with Crippen molar-refractivity contribution in [3.8, 4) is 22.7 Å². The van der Waals surface area contributed by atoms with Gasteiger partial charge in [0.05, 0.1) is 66.5 Å². The molecule has 0 radical (unpaired) electrons. The number of hydrogen-bond acceptors (Lipinski definition) is 3. The van der Waals surface area contributed by atoms with Gasteiger partial charge in [-0.15, -0.1) is 0 Å². The Balaban J connectivity index is 0.000000101. The molecule has 426 valence electrons. The highest BCUT2D eigenvalue weighted by molar-refractivity contribution is 6.15. The Labute approximate surface area is 516 Å². The van der Waals surface area contributed by atoms with Crippen LogP contribution in [0.2, 0.25) is 0 Å². The molecule has 0 atom stereocenters. The Morgan fingerprint density at radius 2 is 0.656 bits per heavy atom. The van der Waals surface area contributed by atoms with Crippen LogP contribution in [0.5, 0.6) is 0 Å². The van der Waals surface area contributed by atoms with E-state index in [1.54, 1.807) is 0 Å². The molecule has 7 aromatic heterocycles. The standard InChI is InChI=1S/C31H22N2.C26H17N3O.C25H17NO/c1-21-9-8-10-22(19-21)32-30-16-7-4-13-26(30)27-20-23(17-18-31(27)32)33-28-14-5-2-11-24(28)25-12-3-6-15-29(25)33;1-16-13-14-24-18(15-16)17-7-6-12-23(25(17)30-24)29-22-11-5-4-10-21(22)28-20-9-3-2-8-19(20)27-26(28)29;1-16-13-14-24-20(15-16)19-9-6-12-23(25(19)27-24)26-21-10-4-2-7-17(21)18-8-3-5-11-22(18)26/h2-20H,1H3;2-15H,1H3;2-15H,1H3. The van der Waals surface area contributed by atoms with Gasteiger partial charge in [-0.25, -0.2) is 4.98 Å². The van der Waals surface area contributed by atoms with E-state index in [4.69, 9.17) is 13.8 Å². The number of nitrogens with zero attached hydrogens (tertiary/aromatic N) is 6. The van der Waals surface area contributed by atoms with E-state index in [1.165, 1.54) is 98.9 Å². The highest BCUT2D eigenvalue weighted by Gasteiger charge is 2.22. The molecule has 0 fully saturated rings. The molecule has 90 heavy (non-hydrogen) atoms. The summed E-state index contributed by atoms with van der Waals surface area (Å²) in [6.07, 6.45) is 0. The largest absolute Gasteiger partial charge is 0.454 e. The maximum absolute atomic E-state index is 6.38. The van der Waals surface area contributed by atoms with Crippen molar-refractivity contribution in [3.63, 3.8) is 0 Å². The van der Waals surface area contributed by atoms with Crippen LogP contribution in [0.3, 0.4) is 0 Å². The van der Waals surface area contributed by atoms with E-state index < -0.39 is 0 Å². The van der Waals surface area contributed by atoms with E-state index in [9.17, 15) is 0 Å². The number of benzene rings is 13. The van der Waals surface area contributed by atoms with Gasteiger partial charge in [-0.05, 0) is 148 Å². The topological polar surface area (TPSA) is 63.3 Å².